The summed E-state index contributed by atoms with van der Waals surface area (Å²) in [5.41, 5.74) is 0. The van der Waals surface area contributed by atoms with Crippen molar-refractivity contribution in [2.45, 2.75) is 17.8 Å². The highest BCUT2D eigenvalue weighted by molar-refractivity contribution is 8.00. The summed E-state index contributed by atoms with van der Waals surface area (Å²) in [6, 6.07) is 0. The standard InChI is InChI=1S/C5H10O2S/c6-2-5-1-4(7)3-8-5/h4-7H,1-3H2/t4-,5-/m0/s1. The van der Waals surface area contributed by atoms with Gasteiger partial charge in [-0.25, -0.2) is 0 Å². The Balaban J connectivity index is 2.22. The van der Waals surface area contributed by atoms with E-state index in [1.807, 2.05) is 0 Å². The predicted octanol–water partition coefficient (Wildman–Crippen LogP) is -0.155. The SMILES string of the molecule is OC[C@@H]1C[C@H](O)CS1. The maximum atomic E-state index is 8.90. The summed E-state index contributed by atoms with van der Waals surface area (Å²) in [4.78, 5) is 0. The van der Waals surface area contributed by atoms with Crippen molar-refractivity contribution in [2.24, 2.45) is 0 Å². The first-order chi connectivity index (χ1) is 3.83. The van der Waals surface area contributed by atoms with Crippen LogP contribution >= 0.6 is 11.8 Å². The van der Waals surface area contributed by atoms with E-state index in [0.29, 0.717) is 5.25 Å². The molecule has 0 amide bonds. The molecule has 0 saturated carbocycles. The van der Waals surface area contributed by atoms with Crippen LogP contribution in [0.25, 0.3) is 0 Å². The van der Waals surface area contributed by atoms with Gasteiger partial charge in [-0.2, -0.15) is 11.8 Å². The van der Waals surface area contributed by atoms with Gasteiger partial charge in [0.05, 0.1) is 12.7 Å². The van der Waals surface area contributed by atoms with Gasteiger partial charge in [-0.1, -0.05) is 0 Å². The van der Waals surface area contributed by atoms with Gasteiger partial charge in [0, 0.05) is 11.0 Å². The van der Waals surface area contributed by atoms with E-state index in [-0.39, 0.29) is 12.7 Å². The molecule has 1 rings (SSSR count). The summed E-state index contributed by atoms with van der Waals surface area (Å²) < 4.78 is 0. The molecule has 1 heterocycles. The molecule has 0 aliphatic carbocycles. The van der Waals surface area contributed by atoms with E-state index in [4.69, 9.17) is 10.2 Å². The van der Waals surface area contributed by atoms with Crippen molar-refractivity contribution < 1.29 is 10.2 Å². The van der Waals surface area contributed by atoms with Gasteiger partial charge in [0.25, 0.3) is 0 Å². The first-order valence-corrected chi connectivity index (χ1v) is 3.78. The Bertz CT molecular complexity index is 76.8. The minimum atomic E-state index is -0.169. The molecule has 2 N–H and O–H groups in total. The van der Waals surface area contributed by atoms with Crippen LogP contribution in [-0.4, -0.2) is 33.9 Å². The van der Waals surface area contributed by atoms with Gasteiger partial charge >= 0.3 is 0 Å². The molecule has 2 atom stereocenters. The molecule has 0 unspecified atom stereocenters. The van der Waals surface area contributed by atoms with Crippen molar-refractivity contribution in [3.63, 3.8) is 0 Å². The average Bonchev–Trinajstić information content (AvgIpc) is 2.14. The molecule has 0 radical (unpaired) electrons. The van der Waals surface area contributed by atoms with Crippen LogP contribution in [0.1, 0.15) is 6.42 Å². The summed E-state index contributed by atoms with van der Waals surface area (Å²) in [5.74, 6) is 0.797. The number of hydrogen-bond acceptors (Lipinski definition) is 3. The molecule has 0 aromatic rings. The Kier molecular flexibility index (Phi) is 2.16. The number of hydrogen-bond donors (Lipinski definition) is 2. The molecule has 1 aliphatic heterocycles. The fourth-order valence-electron chi connectivity index (χ4n) is 0.814. The molecular formula is C5H10O2S. The third kappa shape index (κ3) is 1.37. The Morgan fingerprint density at radius 1 is 1.62 bits per heavy atom. The third-order valence-electron chi connectivity index (χ3n) is 1.26. The quantitative estimate of drug-likeness (QED) is 0.524. The van der Waals surface area contributed by atoms with E-state index in [1.54, 1.807) is 11.8 Å². The van der Waals surface area contributed by atoms with Crippen LogP contribution in [0.3, 0.4) is 0 Å². The number of thioether (sulfide) groups is 1. The first kappa shape index (κ1) is 6.39. The lowest BCUT2D eigenvalue weighted by Crippen LogP contribution is -2.08. The van der Waals surface area contributed by atoms with Gasteiger partial charge in [-0.05, 0) is 6.42 Å². The molecule has 1 aliphatic rings. The van der Waals surface area contributed by atoms with Crippen LogP contribution in [0.2, 0.25) is 0 Å². The Labute approximate surface area is 52.9 Å². The highest BCUT2D eigenvalue weighted by Gasteiger charge is 2.21. The van der Waals surface area contributed by atoms with E-state index in [9.17, 15) is 0 Å². The lowest BCUT2D eigenvalue weighted by Gasteiger charge is -1.99. The lowest BCUT2D eigenvalue weighted by atomic mass is 10.2. The molecule has 3 heteroatoms. The number of aliphatic hydroxyl groups is 2. The van der Waals surface area contributed by atoms with E-state index in [0.717, 1.165) is 12.2 Å². The molecule has 0 aromatic heterocycles. The Morgan fingerprint density at radius 2 is 2.38 bits per heavy atom. The molecule has 2 nitrogen and oxygen atoms in total. The second-order valence-electron chi connectivity index (χ2n) is 2.03. The average molecular weight is 134 g/mol. The molecule has 0 bridgehead atoms. The maximum Gasteiger partial charge on any atom is 0.0642 e. The summed E-state index contributed by atoms with van der Waals surface area (Å²) in [7, 11) is 0. The predicted molar refractivity (Wildman–Crippen MR) is 34.0 cm³/mol. The molecule has 48 valence electrons. The smallest absolute Gasteiger partial charge is 0.0642 e. The second-order valence-corrected chi connectivity index (χ2v) is 3.36. The second kappa shape index (κ2) is 2.71. The fraction of sp³-hybridized carbons (Fsp3) is 1.00. The minimum Gasteiger partial charge on any atom is -0.395 e. The van der Waals surface area contributed by atoms with Crippen molar-refractivity contribution in [2.75, 3.05) is 12.4 Å². The van der Waals surface area contributed by atoms with Crippen molar-refractivity contribution in [3.8, 4) is 0 Å². The summed E-state index contributed by atoms with van der Waals surface area (Å²) in [6.07, 6.45) is 0.596. The van der Waals surface area contributed by atoms with Gasteiger partial charge in [0.1, 0.15) is 0 Å². The van der Waals surface area contributed by atoms with Crippen LogP contribution in [-0.2, 0) is 0 Å². The lowest BCUT2D eigenvalue weighted by molar-refractivity contribution is 0.184. The fourth-order valence-corrected chi connectivity index (χ4v) is 1.91. The largest absolute Gasteiger partial charge is 0.395 e. The summed E-state index contributed by atoms with van der Waals surface area (Å²) >= 11 is 1.65. The highest BCUT2D eigenvalue weighted by Crippen LogP contribution is 2.25. The van der Waals surface area contributed by atoms with Crippen molar-refractivity contribution >= 4 is 11.8 Å². The van der Waals surface area contributed by atoms with Gasteiger partial charge in [0.2, 0.25) is 0 Å². The zero-order chi connectivity index (χ0) is 5.98. The van der Waals surface area contributed by atoms with Gasteiger partial charge in [-0.15, -0.1) is 0 Å². The molecular weight excluding hydrogens is 124 g/mol. The topological polar surface area (TPSA) is 40.5 Å². The first-order valence-electron chi connectivity index (χ1n) is 2.73. The van der Waals surface area contributed by atoms with Crippen molar-refractivity contribution in [3.05, 3.63) is 0 Å². The normalized spacial score (nSPS) is 38.2. The number of rotatable bonds is 1. The van der Waals surface area contributed by atoms with Crippen LogP contribution in [0.15, 0.2) is 0 Å². The highest BCUT2D eigenvalue weighted by atomic mass is 32.2. The van der Waals surface area contributed by atoms with E-state index in [2.05, 4.69) is 0 Å². The maximum absolute atomic E-state index is 8.90. The summed E-state index contributed by atoms with van der Waals surface area (Å²) in [6.45, 7) is 0.210. The third-order valence-corrected chi connectivity index (χ3v) is 2.65. The van der Waals surface area contributed by atoms with E-state index < -0.39 is 0 Å². The zero-order valence-corrected chi connectivity index (χ0v) is 5.40. The van der Waals surface area contributed by atoms with E-state index >= 15 is 0 Å². The van der Waals surface area contributed by atoms with Crippen LogP contribution in [0, 0.1) is 0 Å². The van der Waals surface area contributed by atoms with E-state index in [1.165, 1.54) is 0 Å². The Hall–Kier alpha value is 0.270. The molecule has 8 heavy (non-hydrogen) atoms. The van der Waals surface area contributed by atoms with Crippen LogP contribution in [0.5, 0.6) is 0 Å². The zero-order valence-electron chi connectivity index (χ0n) is 4.58. The van der Waals surface area contributed by atoms with Gasteiger partial charge in [0.15, 0.2) is 0 Å². The Morgan fingerprint density at radius 3 is 2.62 bits per heavy atom. The van der Waals surface area contributed by atoms with Crippen LogP contribution < -0.4 is 0 Å². The molecule has 1 saturated heterocycles. The van der Waals surface area contributed by atoms with Crippen LogP contribution in [0.4, 0.5) is 0 Å². The summed E-state index contributed by atoms with van der Waals surface area (Å²) in [5, 5.41) is 17.7. The number of aliphatic hydroxyl groups excluding tert-OH is 2. The van der Waals surface area contributed by atoms with Gasteiger partial charge < -0.3 is 10.2 Å². The minimum absolute atomic E-state index is 0.169. The van der Waals surface area contributed by atoms with Crippen molar-refractivity contribution in [1.82, 2.24) is 0 Å². The molecule has 1 fully saturated rings. The monoisotopic (exact) mass is 134 g/mol. The van der Waals surface area contributed by atoms with Gasteiger partial charge in [-0.3, -0.25) is 0 Å². The van der Waals surface area contributed by atoms with Crippen molar-refractivity contribution in [1.29, 1.82) is 0 Å². The molecule has 0 aromatic carbocycles. The molecule has 0 spiro atoms.